The van der Waals surface area contributed by atoms with Gasteiger partial charge < -0.3 is 9.57 Å². The highest BCUT2D eigenvalue weighted by Crippen LogP contribution is 2.32. The van der Waals surface area contributed by atoms with Crippen molar-refractivity contribution in [3.05, 3.63) is 55.3 Å². The van der Waals surface area contributed by atoms with Crippen LogP contribution in [0, 0.1) is 0 Å². The van der Waals surface area contributed by atoms with Crippen molar-refractivity contribution in [2.45, 2.75) is 6.42 Å². The standard InChI is InChI=1S/C18H15N5O2S/c1-2-7-25-23-13-5-8-24-17-16(13)22-14(10-20-17)15-11-21-18(26-15)12-4-3-6-19-9-12/h2-4,6,9-11H,1,5,7-8H2/b23-13+. The van der Waals surface area contributed by atoms with Gasteiger partial charge in [-0.3, -0.25) is 4.98 Å². The molecule has 0 saturated heterocycles. The summed E-state index contributed by atoms with van der Waals surface area (Å²) in [5, 5.41) is 5.03. The summed E-state index contributed by atoms with van der Waals surface area (Å²) in [6, 6.07) is 3.86. The van der Waals surface area contributed by atoms with Crippen molar-refractivity contribution in [2.24, 2.45) is 5.16 Å². The molecule has 3 aromatic heterocycles. The van der Waals surface area contributed by atoms with Crippen LogP contribution in [0.1, 0.15) is 12.1 Å². The zero-order chi connectivity index (χ0) is 17.8. The fraction of sp³-hybridized carbons (Fsp3) is 0.167. The fourth-order valence-corrected chi connectivity index (χ4v) is 3.29. The van der Waals surface area contributed by atoms with Crippen molar-refractivity contribution < 1.29 is 9.57 Å². The van der Waals surface area contributed by atoms with E-state index < -0.39 is 0 Å². The van der Waals surface area contributed by atoms with Crippen molar-refractivity contribution in [3.8, 4) is 27.0 Å². The highest BCUT2D eigenvalue weighted by molar-refractivity contribution is 7.18. The Balaban J connectivity index is 1.67. The first-order valence-electron chi connectivity index (χ1n) is 8.01. The van der Waals surface area contributed by atoms with E-state index in [0.717, 1.165) is 26.9 Å². The molecule has 4 heterocycles. The first kappa shape index (κ1) is 16.3. The number of oxime groups is 1. The number of hydrogen-bond donors (Lipinski definition) is 0. The van der Waals surface area contributed by atoms with E-state index >= 15 is 0 Å². The van der Waals surface area contributed by atoms with Gasteiger partial charge in [-0.15, -0.1) is 11.3 Å². The lowest BCUT2D eigenvalue weighted by atomic mass is 10.1. The lowest BCUT2D eigenvalue weighted by Gasteiger charge is -2.16. The molecule has 0 saturated carbocycles. The molecule has 0 amide bonds. The summed E-state index contributed by atoms with van der Waals surface area (Å²) < 4.78 is 5.57. The van der Waals surface area contributed by atoms with Gasteiger partial charge in [-0.2, -0.15) is 0 Å². The van der Waals surface area contributed by atoms with Gasteiger partial charge in [0.15, 0.2) is 5.69 Å². The van der Waals surface area contributed by atoms with Crippen LogP contribution in [0.15, 0.2) is 54.7 Å². The lowest BCUT2D eigenvalue weighted by Crippen LogP contribution is -2.19. The Morgan fingerprint density at radius 3 is 3.12 bits per heavy atom. The molecule has 0 aliphatic carbocycles. The van der Waals surface area contributed by atoms with Crippen molar-refractivity contribution in [1.29, 1.82) is 0 Å². The summed E-state index contributed by atoms with van der Waals surface area (Å²) in [6.45, 7) is 4.46. The molecule has 4 rings (SSSR count). The predicted octanol–water partition coefficient (Wildman–Crippen LogP) is 3.35. The predicted molar refractivity (Wildman–Crippen MR) is 99.2 cm³/mol. The number of rotatable bonds is 5. The molecule has 1 aliphatic rings. The van der Waals surface area contributed by atoms with Crippen LogP contribution in [0.2, 0.25) is 0 Å². The fourth-order valence-electron chi connectivity index (χ4n) is 2.43. The second-order valence-corrected chi connectivity index (χ2v) is 6.43. The number of fused-ring (bicyclic) bond motifs is 1. The van der Waals surface area contributed by atoms with E-state index in [1.807, 2.05) is 12.1 Å². The molecule has 26 heavy (non-hydrogen) atoms. The molecule has 0 spiro atoms. The van der Waals surface area contributed by atoms with Gasteiger partial charge in [0, 0.05) is 30.6 Å². The zero-order valence-electron chi connectivity index (χ0n) is 13.8. The van der Waals surface area contributed by atoms with E-state index in [-0.39, 0.29) is 0 Å². The SMILES string of the molecule is C=CCO/N=C1\CCOc2ncc(-c3cnc(-c4cccnc4)s3)nc21. The van der Waals surface area contributed by atoms with Crippen LogP contribution in [0.25, 0.3) is 21.1 Å². The van der Waals surface area contributed by atoms with E-state index in [4.69, 9.17) is 9.57 Å². The molecule has 0 fully saturated rings. The van der Waals surface area contributed by atoms with Crippen LogP contribution < -0.4 is 4.74 Å². The van der Waals surface area contributed by atoms with E-state index in [0.29, 0.717) is 31.2 Å². The second kappa shape index (κ2) is 7.40. The molecule has 0 N–H and O–H groups in total. The molecular weight excluding hydrogens is 350 g/mol. The molecule has 1 aliphatic heterocycles. The van der Waals surface area contributed by atoms with Crippen LogP contribution in [-0.4, -0.2) is 38.9 Å². The van der Waals surface area contributed by atoms with E-state index in [1.54, 1.807) is 30.9 Å². The van der Waals surface area contributed by atoms with E-state index in [1.165, 1.54) is 11.3 Å². The van der Waals surface area contributed by atoms with Gasteiger partial charge in [0.1, 0.15) is 23.0 Å². The Kier molecular flexibility index (Phi) is 4.65. The topological polar surface area (TPSA) is 82.4 Å². The lowest BCUT2D eigenvalue weighted by molar-refractivity contribution is 0.172. The smallest absolute Gasteiger partial charge is 0.242 e. The normalized spacial score (nSPS) is 14.5. The molecule has 7 nitrogen and oxygen atoms in total. The van der Waals surface area contributed by atoms with Crippen LogP contribution in [0.4, 0.5) is 0 Å². The maximum atomic E-state index is 5.57. The highest BCUT2D eigenvalue weighted by atomic mass is 32.1. The molecule has 3 aromatic rings. The van der Waals surface area contributed by atoms with Crippen molar-refractivity contribution >= 4 is 17.0 Å². The third-order valence-corrected chi connectivity index (χ3v) is 4.69. The van der Waals surface area contributed by atoms with Gasteiger partial charge in [-0.25, -0.2) is 15.0 Å². The van der Waals surface area contributed by atoms with Crippen LogP contribution in [0.5, 0.6) is 5.88 Å². The number of ether oxygens (including phenoxy) is 1. The number of hydrogen-bond acceptors (Lipinski definition) is 8. The first-order valence-corrected chi connectivity index (χ1v) is 8.83. The minimum Gasteiger partial charge on any atom is -0.476 e. The van der Waals surface area contributed by atoms with Gasteiger partial charge in [-0.1, -0.05) is 17.8 Å². The zero-order valence-corrected chi connectivity index (χ0v) is 14.6. The van der Waals surface area contributed by atoms with Crippen molar-refractivity contribution in [2.75, 3.05) is 13.2 Å². The average molecular weight is 365 g/mol. The van der Waals surface area contributed by atoms with Gasteiger partial charge in [-0.05, 0) is 12.1 Å². The Morgan fingerprint density at radius 1 is 1.31 bits per heavy atom. The van der Waals surface area contributed by atoms with E-state index in [9.17, 15) is 0 Å². The van der Waals surface area contributed by atoms with Gasteiger partial charge in [0.2, 0.25) is 5.88 Å². The van der Waals surface area contributed by atoms with Gasteiger partial charge in [0.05, 0.1) is 17.7 Å². The minimum atomic E-state index is 0.343. The van der Waals surface area contributed by atoms with Crippen LogP contribution in [0.3, 0.4) is 0 Å². The summed E-state index contributed by atoms with van der Waals surface area (Å²) in [5.41, 5.74) is 3.02. The molecular formula is C18H15N5O2S. The third kappa shape index (κ3) is 3.31. The van der Waals surface area contributed by atoms with Crippen LogP contribution in [-0.2, 0) is 4.84 Å². The van der Waals surface area contributed by atoms with Crippen molar-refractivity contribution in [1.82, 2.24) is 19.9 Å². The monoisotopic (exact) mass is 365 g/mol. The molecule has 8 heteroatoms. The number of nitrogens with zero attached hydrogens (tertiary/aromatic N) is 5. The Hall–Kier alpha value is -3.13. The summed E-state index contributed by atoms with van der Waals surface area (Å²) >= 11 is 1.53. The maximum Gasteiger partial charge on any atom is 0.242 e. The largest absolute Gasteiger partial charge is 0.476 e. The summed E-state index contributed by atoms with van der Waals surface area (Å²) in [4.78, 5) is 23.8. The quantitative estimate of drug-likeness (QED) is 0.392. The van der Waals surface area contributed by atoms with Crippen molar-refractivity contribution in [3.63, 3.8) is 0 Å². The third-order valence-electron chi connectivity index (χ3n) is 3.62. The van der Waals surface area contributed by atoms with Gasteiger partial charge in [0.25, 0.3) is 0 Å². The van der Waals surface area contributed by atoms with Crippen LogP contribution >= 0.6 is 11.3 Å². The number of pyridine rings is 1. The summed E-state index contributed by atoms with van der Waals surface area (Å²) in [5.74, 6) is 0.470. The summed E-state index contributed by atoms with van der Waals surface area (Å²) in [7, 11) is 0. The molecule has 130 valence electrons. The molecule has 0 atom stereocenters. The molecule has 0 unspecified atom stereocenters. The highest BCUT2D eigenvalue weighted by Gasteiger charge is 2.22. The minimum absolute atomic E-state index is 0.343. The number of thiazole rings is 1. The first-order chi connectivity index (χ1) is 12.8. The second-order valence-electron chi connectivity index (χ2n) is 5.40. The van der Waals surface area contributed by atoms with Gasteiger partial charge >= 0.3 is 0 Å². The molecule has 0 bridgehead atoms. The Bertz CT molecular complexity index is 955. The Labute approximate surface area is 154 Å². The number of aromatic nitrogens is 4. The summed E-state index contributed by atoms with van der Waals surface area (Å²) in [6.07, 6.45) is 9.26. The van der Waals surface area contributed by atoms with E-state index in [2.05, 4.69) is 31.7 Å². The maximum absolute atomic E-state index is 5.57. The molecule has 0 aromatic carbocycles. The Morgan fingerprint density at radius 2 is 2.27 bits per heavy atom. The average Bonchev–Trinajstić information content (AvgIpc) is 3.19. The molecule has 0 radical (unpaired) electrons.